The molecule has 1 aromatic heterocycles. The van der Waals surface area contributed by atoms with E-state index in [1.807, 2.05) is 45.0 Å². The normalized spacial score (nSPS) is 11.0. The third kappa shape index (κ3) is 3.53. The van der Waals surface area contributed by atoms with Crippen molar-refractivity contribution in [2.75, 3.05) is 18.4 Å². The predicted molar refractivity (Wildman–Crippen MR) is 87.4 cm³/mol. The Balaban J connectivity index is 2.08. The van der Waals surface area contributed by atoms with E-state index in [1.54, 1.807) is 6.20 Å². The molecule has 0 bridgehead atoms. The van der Waals surface area contributed by atoms with E-state index in [0.29, 0.717) is 18.7 Å². The second-order valence-corrected chi connectivity index (χ2v) is 6.11. The quantitative estimate of drug-likeness (QED) is 0.850. The Hall–Kier alpha value is -2.61. The molecule has 22 heavy (non-hydrogen) atoms. The van der Waals surface area contributed by atoms with E-state index in [2.05, 4.69) is 21.7 Å². The fraction of sp³-hybridized carbons (Fsp3) is 0.353. The zero-order valence-corrected chi connectivity index (χ0v) is 13.1. The number of aromatic nitrogens is 1. The Morgan fingerprint density at radius 2 is 2.00 bits per heavy atom. The molecule has 1 heterocycles. The average molecular weight is 296 g/mol. The molecular weight excluding hydrogens is 276 g/mol. The second-order valence-electron chi connectivity index (χ2n) is 6.11. The molecule has 0 aliphatic heterocycles. The van der Waals surface area contributed by atoms with Crippen molar-refractivity contribution in [1.82, 2.24) is 10.3 Å². The molecule has 0 saturated carbocycles. The van der Waals surface area contributed by atoms with Gasteiger partial charge in [-0.05, 0) is 6.07 Å². The molecule has 2 aromatic rings. The summed E-state index contributed by atoms with van der Waals surface area (Å²) in [5.74, 6) is 0.00870. The number of hydrogen-bond acceptors (Lipinski definition) is 4. The minimum absolute atomic E-state index is 0.00870. The molecule has 0 fully saturated rings. The number of amides is 1. The van der Waals surface area contributed by atoms with Gasteiger partial charge in [0.15, 0.2) is 0 Å². The van der Waals surface area contributed by atoms with Crippen molar-refractivity contribution in [2.24, 2.45) is 5.41 Å². The first-order valence-electron chi connectivity index (χ1n) is 7.23. The minimum Gasteiger partial charge on any atom is -0.382 e. The zero-order chi connectivity index (χ0) is 16.2. The molecule has 5 nitrogen and oxygen atoms in total. The molecule has 1 aromatic carbocycles. The molecular formula is C17H20N4O. The standard InChI is InChI=1S/C17H20N4O/c1-17(2,3)16(22)20-9-8-19-15-12(10-18)11-21-14-7-5-4-6-13(14)15/h4-7,11H,8-9H2,1-3H3,(H,19,21)(H,20,22). The van der Waals surface area contributed by atoms with Gasteiger partial charge in [-0.25, -0.2) is 0 Å². The van der Waals surface area contributed by atoms with E-state index in [0.717, 1.165) is 16.6 Å². The van der Waals surface area contributed by atoms with Gasteiger partial charge in [0.25, 0.3) is 0 Å². The van der Waals surface area contributed by atoms with E-state index < -0.39 is 5.41 Å². The van der Waals surface area contributed by atoms with Gasteiger partial charge in [0.2, 0.25) is 5.91 Å². The third-order valence-corrected chi connectivity index (χ3v) is 3.29. The lowest BCUT2D eigenvalue weighted by Crippen LogP contribution is -2.37. The van der Waals surface area contributed by atoms with Gasteiger partial charge >= 0.3 is 0 Å². The Kier molecular flexibility index (Phi) is 4.62. The minimum atomic E-state index is -0.402. The Morgan fingerprint density at radius 1 is 1.27 bits per heavy atom. The summed E-state index contributed by atoms with van der Waals surface area (Å²) in [6.07, 6.45) is 1.57. The van der Waals surface area contributed by atoms with Gasteiger partial charge in [-0.15, -0.1) is 0 Å². The van der Waals surface area contributed by atoms with E-state index >= 15 is 0 Å². The lowest BCUT2D eigenvalue weighted by molar-refractivity contribution is -0.128. The first-order valence-corrected chi connectivity index (χ1v) is 7.23. The molecule has 0 unspecified atom stereocenters. The second kappa shape index (κ2) is 6.44. The Morgan fingerprint density at radius 3 is 2.68 bits per heavy atom. The number of carbonyl (C=O) groups excluding carboxylic acids is 1. The first kappa shape index (κ1) is 15.8. The van der Waals surface area contributed by atoms with Crippen LogP contribution in [0.5, 0.6) is 0 Å². The largest absolute Gasteiger partial charge is 0.382 e. The van der Waals surface area contributed by atoms with Gasteiger partial charge in [0, 0.05) is 30.1 Å². The van der Waals surface area contributed by atoms with Crippen LogP contribution in [0.25, 0.3) is 10.9 Å². The van der Waals surface area contributed by atoms with Crippen molar-refractivity contribution in [2.45, 2.75) is 20.8 Å². The van der Waals surface area contributed by atoms with Crippen LogP contribution in [-0.4, -0.2) is 24.0 Å². The van der Waals surface area contributed by atoms with Crippen LogP contribution in [0, 0.1) is 16.7 Å². The SMILES string of the molecule is CC(C)(C)C(=O)NCCNc1c(C#N)cnc2ccccc12. The summed E-state index contributed by atoms with van der Waals surface area (Å²) < 4.78 is 0. The number of benzene rings is 1. The van der Waals surface area contributed by atoms with Crippen molar-refractivity contribution in [3.05, 3.63) is 36.0 Å². The van der Waals surface area contributed by atoms with Crippen molar-refractivity contribution in [1.29, 1.82) is 5.26 Å². The van der Waals surface area contributed by atoms with Gasteiger partial charge in [0.05, 0.1) is 16.8 Å². The fourth-order valence-corrected chi connectivity index (χ4v) is 2.05. The molecule has 114 valence electrons. The van der Waals surface area contributed by atoms with Crippen molar-refractivity contribution in [3.8, 4) is 6.07 Å². The summed E-state index contributed by atoms with van der Waals surface area (Å²) in [5.41, 5.74) is 1.70. The summed E-state index contributed by atoms with van der Waals surface area (Å²) in [7, 11) is 0. The molecule has 0 aliphatic carbocycles. The lowest BCUT2D eigenvalue weighted by Gasteiger charge is -2.18. The maximum absolute atomic E-state index is 11.8. The van der Waals surface area contributed by atoms with Gasteiger partial charge in [-0.3, -0.25) is 9.78 Å². The van der Waals surface area contributed by atoms with Crippen molar-refractivity contribution < 1.29 is 4.79 Å². The lowest BCUT2D eigenvalue weighted by atomic mass is 9.96. The van der Waals surface area contributed by atoms with Crippen molar-refractivity contribution >= 4 is 22.5 Å². The number of anilines is 1. The van der Waals surface area contributed by atoms with Crippen LogP contribution >= 0.6 is 0 Å². The smallest absolute Gasteiger partial charge is 0.225 e. The van der Waals surface area contributed by atoms with E-state index in [4.69, 9.17) is 0 Å². The van der Waals surface area contributed by atoms with Gasteiger partial charge in [-0.2, -0.15) is 5.26 Å². The van der Waals surface area contributed by atoms with Crippen LogP contribution in [-0.2, 0) is 4.79 Å². The van der Waals surface area contributed by atoms with Crippen LogP contribution < -0.4 is 10.6 Å². The summed E-state index contributed by atoms with van der Waals surface area (Å²) in [4.78, 5) is 16.1. The number of nitriles is 1. The van der Waals surface area contributed by atoms with Crippen LogP contribution in [0.1, 0.15) is 26.3 Å². The monoisotopic (exact) mass is 296 g/mol. The topological polar surface area (TPSA) is 77.8 Å². The van der Waals surface area contributed by atoms with Crippen molar-refractivity contribution in [3.63, 3.8) is 0 Å². The molecule has 0 saturated heterocycles. The van der Waals surface area contributed by atoms with E-state index in [1.165, 1.54) is 0 Å². The maximum atomic E-state index is 11.8. The number of hydrogen-bond donors (Lipinski definition) is 2. The molecule has 0 radical (unpaired) electrons. The molecule has 5 heteroatoms. The Labute approximate surface area is 130 Å². The molecule has 0 spiro atoms. The van der Waals surface area contributed by atoms with E-state index in [9.17, 15) is 10.1 Å². The summed E-state index contributed by atoms with van der Waals surface area (Å²) in [5, 5.41) is 16.3. The number of pyridine rings is 1. The van der Waals surface area contributed by atoms with Crippen LogP contribution in [0.3, 0.4) is 0 Å². The number of para-hydroxylation sites is 1. The number of carbonyl (C=O) groups is 1. The van der Waals surface area contributed by atoms with Gasteiger partial charge in [0.1, 0.15) is 6.07 Å². The first-order chi connectivity index (χ1) is 10.4. The predicted octanol–water partition coefficient (Wildman–Crippen LogP) is 2.68. The highest BCUT2D eigenvalue weighted by atomic mass is 16.2. The van der Waals surface area contributed by atoms with Gasteiger partial charge in [-0.1, -0.05) is 39.0 Å². The highest BCUT2D eigenvalue weighted by Crippen LogP contribution is 2.24. The number of nitrogens with one attached hydrogen (secondary N) is 2. The average Bonchev–Trinajstić information content (AvgIpc) is 2.50. The molecule has 2 N–H and O–H groups in total. The highest BCUT2D eigenvalue weighted by Gasteiger charge is 2.20. The fourth-order valence-electron chi connectivity index (χ4n) is 2.05. The number of nitrogens with zero attached hydrogens (tertiary/aromatic N) is 2. The van der Waals surface area contributed by atoms with Crippen LogP contribution in [0.4, 0.5) is 5.69 Å². The summed E-state index contributed by atoms with van der Waals surface area (Å²) in [6, 6.07) is 9.81. The highest BCUT2D eigenvalue weighted by molar-refractivity contribution is 5.93. The molecule has 0 aliphatic rings. The number of fused-ring (bicyclic) bond motifs is 1. The molecule has 0 atom stereocenters. The zero-order valence-electron chi connectivity index (χ0n) is 13.1. The molecule has 1 amide bonds. The summed E-state index contributed by atoms with van der Waals surface area (Å²) in [6.45, 7) is 6.67. The van der Waals surface area contributed by atoms with Crippen LogP contribution in [0.15, 0.2) is 30.5 Å². The van der Waals surface area contributed by atoms with E-state index in [-0.39, 0.29) is 5.91 Å². The summed E-state index contributed by atoms with van der Waals surface area (Å²) >= 11 is 0. The Bertz CT molecular complexity index is 725. The number of rotatable bonds is 4. The maximum Gasteiger partial charge on any atom is 0.225 e. The molecule has 2 rings (SSSR count). The van der Waals surface area contributed by atoms with Crippen LogP contribution in [0.2, 0.25) is 0 Å². The third-order valence-electron chi connectivity index (χ3n) is 3.29. The van der Waals surface area contributed by atoms with Gasteiger partial charge < -0.3 is 10.6 Å².